The van der Waals surface area contributed by atoms with Crippen molar-refractivity contribution in [1.29, 1.82) is 0 Å². The van der Waals surface area contributed by atoms with Gasteiger partial charge in [0.15, 0.2) is 5.76 Å². The van der Waals surface area contributed by atoms with Crippen LogP contribution in [-0.4, -0.2) is 19.0 Å². The molecule has 3 aromatic rings. The summed E-state index contributed by atoms with van der Waals surface area (Å²) in [4.78, 5) is 25.2. The molecular weight excluding hydrogens is 369 g/mol. The van der Waals surface area contributed by atoms with Crippen molar-refractivity contribution in [3.05, 3.63) is 83.6 Å². The largest absolute Gasteiger partial charge is 0.465 e. The smallest absolute Gasteiger partial charge is 0.337 e. The molecule has 0 atom stereocenters. The van der Waals surface area contributed by atoms with Gasteiger partial charge in [0.2, 0.25) is 0 Å². The van der Waals surface area contributed by atoms with E-state index in [2.05, 4.69) is 10.1 Å². The normalized spacial score (nSPS) is 10.4. The van der Waals surface area contributed by atoms with Gasteiger partial charge in [0.1, 0.15) is 5.82 Å². The predicted molar refractivity (Wildman–Crippen MR) is 100 cm³/mol. The van der Waals surface area contributed by atoms with Crippen LogP contribution in [0.4, 0.5) is 10.1 Å². The van der Waals surface area contributed by atoms with E-state index in [1.54, 1.807) is 17.8 Å². The lowest BCUT2D eigenvalue weighted by Gasteiger charge is -2.08. The molecule has 0 saturated heterocycles. The van der Waals surface area contributed by atoms with Gasteiger partial charge in [-0.2, -0.15) is 0 Å². The minimum absolute atomic E-state index is 0.0984. The number of carbonyl (C=O) groups is 2. The molecule has 1 amide bonds. The predicted octanol–water partition coefficient (Wildman–Crippen LogP) is 4.75. The number of carbonyl (C=O) groups excluding carboxylic acids is 2. The van der Waals surface area contributed by atoms with E-state index >= 15 is 0 Å². The summed E-state index contributed by atoms with van der Waals surface area (Å²) in [5, 5.41) is 2.45. The number of nitrogens with one attached hydrogen (secondary N) is 1. The van der Waals surface area contributed by atoms with E-state index in [-0.39, 0.29) is 17.0 Å². The number of methoxy groups -OCH3 is 1. The van der Waals surface area contributed by atoms with Crippen molar-refractivity contribution >= 4 is 29.3 Å². The maximum absolute atomic E-state index is 14.0. The summed E-state index contributed by atoms with van der Waals surface area (Å²) in [6.45, 7) is 0. The Balaban J connectivity index is 1.74. The Kier molecular flexibility index (Phi) is 5.93. The monoisotopic (exact) mass is 385 g/mol. The molecule has 0 unspecified atom stereocenters. The molecule has 0 fully saturated rings. The van der Waals surface area contributed by atoms with Crippen LogP contribution in [-0.2, 0) is 10.5 Å². The summed E-state index contributed by atoms with van der Waals surface area (Å²) in [5.41, 5.74) is 0.695. The van der Waals surface area contributed by atoms with Crippen LogP contribution < -0.4 is 5.32 Å². The third-order valence-corrected chi connectivity index (χ3v) is 4.79. The van der Waals surface area contributed by atoms with E-state index in [4.69, 9.17) is 4.42 Å². The van der Waals surface area contributed by atoms with Crippen molar-refractivity contribution < 1.29 is 23.1 Å². The number of ether oxygens (including phenoxy) is 1. The van der Waals surface area contributed by atoms with Gasteiger partial charge in [-0.25, -0.2) is 9.18 Å². The van der Waals surface area contributed by atoms with E-state index in [0.29, 0.717) is 11.3 Å². The number of furan rings is 1. The minimum Gasteiger partial charge on any atom is -0.465 e. The van der Waals surface area contributed by atoms with Crippen molar-refractivity contribution in [1.82, 2.24) is 0 Å². The number of thioether (sulfide) groups is 1. The van der Waals surface area contributed by atoms with Crippen LogP contribution in [0.15, 0.2) is 70.2 Å². The van der Waals surface area contributed by atoms with E-state index in [1.165, 1.54) is 25.5 Å². The Morgan fingerprint density at radius 2 is 1.93 bits per heavy atom. The van der Waals surface area contributed by atoms with Gasteiger partial charge in [0.25, 0.3) is 5.91 Å². The zero-order valence-corrected chi connectivity index (χ0v) is 15.2. The number of amides is 1. The first-order valence-corrected chi connectivity index (χ1v) is 9.00. The first-order valence-electron chi connectivity index (χ1n) is 8.02. The third-order valence-electron chi connectivity index (χ3n) is 3.73. The van der Waals surface area contributed by atoms with E-state index in [1.807, 2.05) is 30.3 Å². The number of halogens is 1. The van der Waals surface area contributed by atoms with Gasteiger partial charge in [-0.1, -0.05) is 18.2 Å². The summed E-state index contributed by atoms with van der Waals surface area (Å²) in [6, 6.07) is 15.0. The van der Waals surface area contributed by atoms with E-state index in [9.17, 15) is 14.0 Å². The van der Waals surface area contributed by atoms with Crippen molar-refractivity contribution in [2.24, 2.45) is 0 Å². The molecule has 0 bridgehead atoms. The fourth-order valence-corrected chi connectivity index (χ4v) is 3.27. The molecule has 27 heavy (non-hydrogen) atoms. The quantitative estimate of drug-likeness (QED) is 0.490. The molecule has 138 valence electrons. The average molecular weight is 385 g/mol. The molecule has 3 rings (SSSR count). The lowest BCUT2D eigenvalue weighted by atomic mass is 10.2. The highest BCUT2D eigenvalue weighted by Crippen LogP contribution is 2.26. The number of hydrogen-bond acceptors (Lipinski definition) is 5. The second kappa shape index (κ2) is 8.55. The molecule has 0 spiro atoms. The van der Waals surface area contributed by atoms with Crippen LogP contribution >= 0.6 is 11.8 Å². The van der Waals surface area contributed by atoms with Gasteiger partial charge >= 0.3 is 5.97 Å². The number of benzene rings is 2. The SMILES string of the molecule is COC(=O)c1ccc(F)c(NC(=O)c2occc2CSc2ccccc2)c1. The first-order chi connectivity index (χ1) is 13.1. The van der Waals surface area contributed by atoms with Crippen molar-refractivity contribution in [2.45, 2.75) is 10.6 Å². The minimum atomic E-state index is -0.664. The summed E-state index contributed by atoms with van der Waals surface area (Å²) in [7, 11) is 1.23. The Morgan fingerprint density at radius 3 is 2.67 bits per heavy atom. The molecule has 5 nitrogen and oxygen atoms in total. The molecule has 1 N–H and O–H groups in total. The Bertz CT molecular complexity index is 956. The van der Waals surface area contributed by atoms with E-state index < -0.39 is 17.7 Å². The molecule has 1 aromatic heterocycles. The van der Waals surface area contributed by atoms with Gasteiger partial charge in [-0.05, 0) is 36.4 Å². The second-order valence-corrected chi connectivity index (χ2v) is 6.57. The average Bonchev–Trinajstić information content (AvgIpc) is 3.17. The maximum Gasteiger partial charge on any atom is 0.337 e. The summed E-state index contributed by atoms with van der Waals surface area (Å²) < 4.78 is 23.9. The van der Waals surface area contributed by atoms with Crippen LogP contribution in [0, 0.1) is 5.82 Å². The highest BCUT2D eigenvalue weighted by atomic mass is 32.2. The third kappa shape index (κ3) is 4.57. The van der Waals surface area contributed by atoms with Gasteiger partial charge in [0, 0.05) is 16.2 Å². The molecule has 0 aliphatic heterocycles. The maximum atomic E-state index is 14.0. The molecule has 7 heteroatoms. The summed E-state index contributed by atoms with van der Waals surface area (Å²) in [6.07, 6.45) is 1.41. The van der Waals surface area contributed by atoms with Crippen molar-refractivity contribution in [3.8, 4) is 0 Å². The lowest BCUT2D eigenvalue weighted by Crippen LogP contribution is -2.14. The van der Waals surface area contributed by atoms with Crippen molar-refractivity contribution in [3.63, 3.8) is 0 Å². The topological polar surface area (TPSA) is 68.5 Å². The molecular formula is C20H16FNO4S. The van der Waals surface area contributed by atoms with Gasteiger partial charge < -0.3 is 14.5 Å². The number of anilines is 1. The molecule has 0 aliphatic carbocycles. The summed E-state index contributed by atoms with van der Waals surface area (Å²) in [5.74, 6) is -1.26. The Hall–Kier alpha value is -3.06. The van der Waals surface area contributed by atoms with Crippen LogP contribution in [0.5, 0.6) is 0 Å². The number of rotatable bonds is 6. The molecule has 1 heterocycles. The first kappa shape index (κ1) is 18.7. The highest BCUT2D eigenvalue weighted by Gasteiger charge is 2.18. The van der Waals surface area contributed by atoms with Crippen molar-refractivity contribution in [2.75, 3.05) is 12.4 Å². The fourth-order valence-electron chi connectivity index (χ4n) is 2.37. The molecule has 0 saturated carbocycles. The Morgan fingerprint density at radius 1 is 1.15 bits per heavy atom. The molecule has 0 radical (unpaired) electrons. The standard InChI is InChI=1S/C20H16FNO4S/c1-25-20(24)13-7-8-16(21)17(11-13)22-19(23)18-14(9-10-26-18)12-27-15-5-3-2-4-6-15/h2-11H,12H2,1H3,(H,22,23). The second-order valence-electron chi connectivity index (χ2n) is 5.52. The number of hydrogen-bond donors (Lipinski definition) is 1. The van der Waals surface area contributed by atoms with Gasteiger partial charge in [-0.3, -0.25) is 4.79 Å². The number of esters is 1. The highest BCUT2D eigenvalue weighted by molar-refractivity contribution is 7.98. The van der Waals surface area contributed by atoms with Crippen LogP contribution in [0.1, 0.15) is 26.5 Å². The van der Waals surface area contributed by atoms with Gasteiger partial charge in [0.05, 0.1) is 24.6 Å². The van der Waals surface area contributed by atoms with Crippen LogP contribution in [0.25, 0.3) is 0 Å². The fraction of sp³-hybridized carbons (Fsp3) is 0.100. The van der Waals surface area contributed by atoms with E-state index in [0.717, 1.165) is 11.0 Å². The zero-order chi connectivity index (χ0) is 19.2. The zero-order valence-electron chi connectivity index (χ0n) is 14.4. The lowest BCUT2D eigenvalue weighted by molar-refractivity contribution is 0.0600. The Labute approximate surface area is 159 Å². The summed E-state index contributed by atoms with van der Waals surface area (Å²) >= 11 is 1.55. The molecule has 0 aliphatic rings. The van der Waals surface area contributed by atoms with Crippen LogP contribution in [0.2, 0.25) is 0 Å². The van der Waals surface area contributed by atoms with Gasteiger partial charge in [-0.15, -0.1) is 11.8 Å². The molecule has 2 aromatic carbocycles. The van der Waals surface area contributed by atoms with Crippen LogP contribution in [0.3, 0.4) is 0 Å².